The molecular weight excluding hydrogens is 412 g/mol. The molecule has 0 spiro atoms. The number of aromatic amines is 1. The molecule has 3 N–H and O–H groups in total. The predicted molar refractivity (Wildman–Crippen MR) is 120 cm³/mol. The average Bonchev–Trinajstić information content (AvgIpc) is 3.47. The van der Waals surface area contributed by atoms with Gasteiger partial charge in [0.1, 0.15) is 0 Å². The SMILES string of the molecule is Cc1c(NC(=O)Nc2cc(-c3cccc([N+](=O)[O-])c3)[nH]n2)cccc1C(=O)N1CCCC1. The number of nitrogens with zero attached hydrogens (tertiary/aromatic N) is 3. The number of amides is 3. The van der Waals surface area contributed by atoms with Crippen molar-refractivity contribution in [2.45, 2.75) is 19.8 Å². The third-order valence-corrected chi connectivity index (χ3v) is 5.39. The largest absolute Gasteiger partial charge is 0.339 e. The van der Waals surface area contributed by atoms with Gasteiger partial charge in [0.15, 0.2) is 5.82 Å². The van der Waals surface area contributed by atoms with E-state index in [1.54, 1.807) is 43.3 Å². The van der Waals surface area contributed by atoms with Crippen molar-refractivity contribution in [1.82, 2.24) is 15.1 Å². The first-order chi connectivity index (χ1) is 15.4. The van der Waals surface area contributed by atoms with Gasteiger partial charge in [-0.3, -0.25) is 25.3 Å². The molecule has 1 aromatic heterocycles. The molecule has 0 radical (unpaired) electrons. The molecule has 1 aliphatic rings. The van der Waals surface area contributed by atoms with Crippen LogP contribution in [0.4, 0.5) is 22.0 Å². The summed E-state index contributed by atoms with van der Waals surface area (Å²) in [7, 11) is 0. The van der Waals surface area contributed by atoms with Gasteiger partial charge >= 0.3 is 6.03 Å². The van der Waals surface area contributed by atoms with E-state index in [-0.39, 0.29) is 17.4 Å². The summed E-state index contributed by atoms with van der Waals surface area (Å²) in [5.74, 6) is 0.226. The summed E-state index contributed by atoms with van der Waals surface area (Å²) >= 11 is 0. The molecule has 0 unspecified atom stereocenters. The predicted octanol–water partition coefficient (Wildman–Crippen LogP) is 4.17. The first kappa shape index (κ1) is 21.0. The van der Waals surface area contributed by atoms with E-state index in [0.29, 0.717) is 28.1 Å². The summed E-state index contributed by atoms with van der Waals surface area (Å²) in [5, 5.41) is 23.1. The normalized spacial score (nSPS) is 13.1. The van der Waals surface area contributed by atoms with E-state index in [1.165, 1.54) is 12.1 Å². The molecule has 0 bridgehead atoms. The zero-order chi connectivity index (χ0) is 22.7. The van der Waals surface area contributed by atoms with Gasteiger partial charge in [0, 0.05) is 48.1 Å². The number of carbonyl (C=O) groups excluding carboxylic acids is 2. The topological polar surface area (TPSA) is 133 Å². The molecule has 2 aromatic carbocycles. The Morgan fingerprint density at radius 3 is 2.59 bits per heavy atom. The summed E-state index contributed by atoms with van der Waals surface area (Å²) in [5.41, 5.74) is 2.85. The minimum absolute atomic E-state index is 0.0297. The number of nitro benzene ring substituents is 1. The number of non-ortho nitro benzene ring substituents is 1. The van der Waals surface area contributed by atoms with Gasteiger partial charge in [0.05, 0.1) is 10.6 Å². The fourth-order valence-electron chi connectivity index (χ4n) is 3.68. The number of hydrogen-bond acceptors (Lipinski definition) is 5. The number of nitrogens with one attached hydrogen (secondary N) is 3. The molecule has 3 aromatic rings. The number of aromatic nitrogens is 2. The molecule has 0 atom stereocenters. The van der Waals surface area contributed by atoms with Crippen molar-refractivity contribution >= 4 is 29.1 Å². The van der Waals surface area contributed by atoms with Gasteiger partial charge < -0.3 is 10.2 Å². The standard InChI is InChI=1S/C22H22N6O4/c1-14-17(21(29)27-10-2-3-11-27)8-5-9-18(14)23-22(30)24-20-13-19(25-26-20)15-6-4-7-16(12-15)28(31)32/h4-9,12-13H,2-3,10-11H2,1H3,(H3,23,24,25,26,30). The second kappa shape index (κ2) is 8.88. The number of urea groups is 1. The Balaban J connectivity index is 1.45. The van der Waals surface area contributed by atoms with E-state index in [1.807, 2.05) is 4.90 Å². The lowest BCUT2D eigenvalue weighted by atomic mass is 10.1. The van der Waals surface area contributed by atoms with Gasteiger partial charge in [-0.15, -0.1) is 0 Å². The Hall–Kier alpha value is -4.21. The second-order valence-corrected chi connectivity index (χ2v) is 7.53. The molecule has 1 aliphatic heterocycles. The van der Waals surface area contributed by atoms with E-state index in [2.05, 4.69) is 20.8 Å². The van der Waals surface area contributed by atoms with Crippen molar-refractivity contribution in [3.8, 4) is 11.3 Å². The third-order valence-electron chi connectivity index (χ3n) is 5.39. The quantitative estimate of drug-likeness (QED) is 0.409. The number of anilines is 2. The van der Waals surface area contributed by atoms with Gasteiger partial charge in [0.2, 0.25) is 0 Å². The van der Waals surface area contributed by atoms with Crippen LogP contribution >= 0.6 is 0 Å². The molecule has 0 aliphatic carbocycles. The lowest BCUT2D eigenvalue weighted by molar-refractivity contribution is -0.384. The summed E-state index contributed by atoms with van der Waals surface area (Å²) in [6.45, 7) is 3.30. The molecule has 0 saturated carbocycles. The van der Waals surface area contributed by atoms with Crippen LogP contribution < -0.4 is 10.6 Å². The maximum absolute atomic E-state index is 12.7. The van der Waals surface area contributed by atoms with Crippen molar-refractivity contribution < 1.29 is 14.5 Å². The maximum Gasteiger partial charge on any atom is 0.324 e. The Bertz CT molecular complexity index is 1180. The molecule has 164 valence electrons. The summed E-state index contributed by atoms with van der Waals surface area (Å²) in [6.07, 6.45) is 2.01. The number of carbonyl (C=O) groups is 2. The van der Waals surface area contributed by atoms with E-state index in [9.17, 15) is 19.7 Å². The Labute approximate surface area is 183 Å². The van der Waals surface area contributed by atoms with Crippen LogP contribution in [-0.2, 0) is 0 Å². The highest BCUT2D eigenvalue weighted by Gasteiger charge is 2.22. The molecule has 4 rings (SSSR count). The number of nitro groups is 1. The molecular formula is C22H22N6O4. The van der Waals surface area contributed by atoms with Crippen molar-refractivity contribution in [3.63, 3.8) is 0 Å². The van der Waals surface area contributed by atoms with E-state index < -0.39 is 11.0 Å². The fraction of sp³-hybridized carbons (Fsp3) is 0.227. The molecule has 32 heavy (non-hydrogen) atoms. The van der Waals surface area contributed by atoms with Gasteiger partial charge in [-0.1, -0.05) is 18.2 Å². The minimum atomic E-state index is -0.518. The number of rotatable bonds is 5. The fourth-order valence-corrected chi connectivity index (χ4v) is 3.68. The average molecular weight is 434 g/mol. The highest BCUT2D eigenvalue weighted by molar-refractivity contribution is 6.02. The number of H-pyrrole nitrogens is 1. The van der Waals surface area contributed by atoms with Crippen molar-refractivity contribution in [3.05, 3.63) is 69.8 Å². The minimum Gasteiger partial charge on any atom is -0.339 e. The summed E-state index contributed by atoms with van der Waals surface area (Å²) < 4.78 is 0. The third kappa shape index (κ3) is 4.43. The van der Waals surface area contributed by atoms with Gasteiger partial charge in [-0.2, -0.15) is 5.10 Å². The van der Waals surface area contributed by atoms with Crippen LogP contribution in [0, 0.1) is 17.0 Å². The lowest BCUT2D eigenvalue weighted by Crippen LogP contribution is -2.28. The lowest BCUT2D eigenvalue weighted by Gasteiger charge is -2.18. The van der Waals surface area contributed by atoms with Crippen LogP contribution in [0.5, 0.6) is 0 Å². The Kier molecular flexibility index (Phi) is 5.84. The zero-order valence-electron chi connectivity index (χ0n) is 17.4. The summed E-state index contributed by atoms with van der Waals surface area (Å²) in [6, 6.07) is 12.4. The Morgan fingerprint density at radius 1 is 1.09 bits per heavy atom. The molecule has 10 heteroatoms. The van der Waals surface area contributed by atoms with Crippen LogP contribution in [-0.4, -0.2) is 45.0 Å². The molecule has 3 amide bonds. The molecule has 1 fully saturated rings. The van der Waals surface area contributed by atoms with Crippen LogP contribution in [0.15, 0.2) is 48.5 Å². The molecule has 1 saturated heterocycles. The van der Waals surface area contributed by atoms with E-state index in [0.717, 1.165) is 25.9 Å². The summed E-state index contributed by atoms with van der Waals surface area (Å²) in [4.78, 5) is 37.6. The first-order valence-electron chi connectivity index (χ1n) is 10.2. The second-order valence-electron chi connectivity index (χ2n) is 7.53. The highest BCUT2D eigenvalue weighted by Crippen LogP contribution is 2.25. The van der Waals surface area contributed by atoms with Crippen LogP contribution in [0.3, 0.4) is 0 Å². The van der Waals surface area contributed by atoms with Crippen LogP contribution in [0.2, 0.25) is 0 Å². The smallest absolute Gasteiger partial charge is 0.324 e. The van der Waals surface area contributed by atoms with E-state index >= 15 is 0 Å². The number of likely N-dealkylation sites (tertiary alicyclic amines) is 1. The molecule has 2 heterocycles. The monoisotopic (exact) mass is 434 g/mol. The van der Waals surface area contributed by atoms with Crippen LogP contribution in [0.25, 0.3) is 11.3 Å². The van der Waals surface area contributed by atoms with Gasteiger partial charge in [-0.25, -0.2) is 4.79 Å². The van der Waals surface area contributed by atoms with Gasteiger partial charge in [0.25, 0.3) is 11.6 Å². The van der Waals surface area contributed by atoms with Crippen molar-refractivity contribution in [2.75, 3.05) is 23.7 Å². The zero-order valence-corrected chi connectivity index (χ0v) is 17.4. The highest BCUT2D eigenvalue weighted by atomic mass is 16.6. The first-order valence-corrected chi connectivity index (χ1v) is 10.2. The Morgan fingerprint density at radius 2 is 1.84 bits per heavy atom. The van der Waals surface area contributed by atoms with Crippen molar-refractivity contribution in [1.29, 1.82) is 0 Å². The number of benzene rings is 2. The number of hydrogen-bond donors (Lipinski definition) is 3. The van der Waals surface area contributed by atoms with Crippen LogP contribution in [0.1, 0.15) is 28.8 Å². The van der Waals surface area contributed by atoms with E-state index in [4.69, 9.17) is 0 Å². The molecule has 10 nitrogen and oxygen atoms in total. The maximum atomic E-state index is 12.7. The van der Waals surface area contributed by atoms with Crippen molar-refractivity contribution in [2.24, 2.45) is 0 Å². The van der Waals surface area contributed by atoms with Gasteiger partial charge in [-0.05, 0) is 37.5 Å².